The first-order valence-corrected chi connectivity index (χ1v) is 7.28. The van der Waals surface area contributed by atoms with Gasteiger partial charge in [0.05, 0.1) is 29.2 Å². The summed E-state index contributed by atoms with van der Waals surface area (Å²) in [6.07, 6.45) is 0.738. The molecule has 4 nitrogen and oxygen atoms in total. The summed E-state index contributed by atoms with van der Waals surface area (Å²) in [5.74, 6) is -0.0908. The van der Waals surface area contributed by atoms with E-state index in [1.165, 1.54) is 0 Å². The summed E-state index contributed by atoms with van der Waals surface area (Å²) in [5.41, 5.74) is 0.889. The minimum Gasteiger partial charge on any atom is -0.395 e. The van der Waals surface area contributed by atoms with Crippen LogP contribution in [0.1, 0.15) is 12.0 Å². The van der Waals surface area contributed by atoms with Crippen LogP contribution in [0.15, 0.2) is 18.2 Å². The molecular formula is C14H17Cl2NO3. The Bertz CT molecular complexity index is 475. The molecule has 1 unspecified atom stereocenters. The zero-order valence-corrected chi connectivity index (χ0v) is 12.5. The number of carbonyl (C=O) groups is 1. The predicted octanol–water partition coefficient (Wildman–Crippen LogP) is 2.35. The van der Waals surface area contributed by atoms with E-state index in [0.717, 1.165) is 12.0 Å². The fraction of sp³-hybridized carbons (Fsp3) is 0.500. The normalized spacial score (nSPS) is 18.2. The molecule has 1 aliphatic heterocycles. The van der Waals surface area contributed by atoms with E-state index < -0.39 is 0 Å². The van der Waals surface area contributed by atoms with Crippen molar-refractivity contribution in [2.24, 2.45) is 5.92 Å². The Balaban J connectivity index is 2.07. The van der Waals surface area contributed by atoms with Crippen LogP contribution < -0.4 is 0 Å². The maximum atomic E-state index is 12.4. The van der Waals surface area contributed by atoms with Crippen molar-refractivity contribution in [1.82, 2.24) is 4.90 Å². The molecule has 2 rings (SSSR count). The maximum Gasteiger partial charge on any atom is 0.228 e. The SMILES string of the molecule is O=C(C1CCOC1)N(CCO)Cc1ccc(Cl)c(Cl)c1. The summed E-state index contributed by atoms with van der Waals surface area (Å²) < 4.78 is 5.24. The summed E-state index contributed by atoms with van der Waals surface area (Å²) in [6, 6.07) is 5.28. The fourth-order valence-corrected chi connectivity index (χ4v) is 2.55. The molecule has 1 heterocycles. The largest absolute Gasteiger partial charge is 0.395 e. The molecule has 0 bridgehead atoms. The molecule has 1 N–H and O–H groups in total. The Morgan fingerprint density at radius 3 is 2.80 bits per heavy atom. The number of halogens is 2. The number of aliphatic hydroxyl groups excluding tert-OH is 1. The quantitative estimate of drug-likeness (QED) is 0.907. The molecule has 1 atom stereocenters. The average Bonchev–Trinajstić information content (AvgIpc) is 2.95. The molecule has 1 aliphatic rings. The van der Waals surface area contributed by atoms with E-state index in [0.29, 0.717) is 36.3 Å². The molecule has 1 aromatic rings. The lowest BCUT2D eigenvalue weighted by molar-refractivity contribution is -0.136. The second kappa shape index (κ2) is 7.27. The average molecular weight is 318 g/mol. The Morgan fingerprint density at radius 1 is 1.40 bits per heavy atom. The minimum absolute atomic E-state index is 0.0163. The van der Waals surface area contributed by atoms with Gasteiger partial charge >= 0.3 is 0 Å². The summed E-state index contributed by atoms with van der Waals surface area (Å²) in [7, 11) is 0. The number of benzene rings is 1. The van der Waals surface area contributed by atoms with E-state index in [1.54, 1.807) is 17.0 Å². The molecule has 6 heteroatoms. The van der Waals surface area contributed by atoms with Gasteiger partial charge in [-0.15, -0.1) is 0 Å². The topological polar surface area (TPSA) is 49.8 Å². The summed E-state index contributed by atoms with van der Waals surface area (Å²) in [5, 5.41) is 10.1. The molecule has 0 aliphatic carbocycles. The van der Waals surface area contributed by atoms with Crippen LogP contribution in [-0.4, -0.2) is 42.3 Å². The molecule has 0 aromatic heterocycles. The second-order valence-electron chi connectivity index (χ2n) is 4.79. The van der Waals surface area contributed by atoms with Gasteiger partial charge < -0.3 is 14.7 Å². The van der Waals surface area contributed by atoms with E-state index in [4.69, 9.17) is 33.0 Å². The van der Waals surface area contributed by atoms with E-state index in [1.807, 2.05) is 6.07 Å². The van der Waals surface area contributed by atoms with Gasteiger partial charge in [0, 0.05) is 19.7 Å². The number of carbonyl (C=O) groups excluding carboxylic acids is 1. The van der Waals surface area contributed by atoms with Crippen LogP contribution in [0.5, 0.6) is 0 Å². The van der Waals surface area contributed by atoms with E-state index in [-0.39, 0.29) is 18.4 Å². The number of rotatable bonds is 5. The number of hydrogen-bond acceptors (Lipinski definition) is 3. The highest BCUT2D eigenvalue weighted by Crippen LogP contribution is 2.24. The van der Waals surface area contributed by atoms with E-state index in [9.17, 15) is 4.79 Å². The number of nitrogens with zero attached hydrogens (tertiary/aromatic N) is 1. The Kier molecular flexibility index (Phi) is 5.66. The lowest BCUT2D eigenvalue weighted by Crippen LogP contribution is -2.37. The van der Waals surface area contributed by atoms with Crippen molar-refractivity contribution in [3.8, 4) is 0 Å². The van der Waals surface area contributed by atoms with Crippen molar-refractivity contribution in [2.45, 2.75) is 13.0 Å². The van der Waals surface area contributed by atoms with Crippen molar-refractivity contribution < 1.29 is 14.6 Å². The van der Waals surface area contributed by atoms with Crippen molar-refractivity contribution in [1.29, 1.82) is 0 Å². The summed E-state index contributed by atoms with van der Waals surface area (Å²) in [4.78, 5) is 14.0. The first kappa shape index (κ1) is 15.6. The van der Waals surface area contributed by atoms with Gasteiger partial charge in [0.2, 0.25) is 5.91 Å². The molecule has 1 fully saturated rings. The fourth-order valence-electron chi connectivity index (χ4n) is 2.23. The van der Waals surface area contributed by atoms with Crippen LogP contribution in [0.2, 0.25) is 10.0 Å². The third-order valence-corrected chi connectivity index (χ3v) is 4.06. The van der Waals surface area contributed by atoms with Gasteiger partial charge in [-0.05, 0) is 24.1 Å². The van der Waals surface area contributed by atoms with E-state index in [2.05, 4.69) is 0 Å². The molecule has 110 valence electrons. The Labute approximate surface area is 128 Å². The van der Waals surface area contributed by atoms with Gasteiger partial charge in [0.15, 0.2) is 0 Å². The summed E-state index contributed by atoms with van der Waals surface area (Å²) >= 11 is 11.9. The Hall–Kier alpha value is -0.810. The molecular weight excluding hydrogens is 301 g/mol. The van der Waals surface area contributed by atoms with Crippen LogP contribution >= 0.6 is 23.2 Å². The highest BCUT2D eigenvalue weighted by atomic mass is 35.5. The van der Waals surface area contributed by atoms with Gasteiger partial charge in [-0.25, -0.2) is 0 Å². The molecule has 1 aromatic carbocycles. The third kappa shape index (κ3) is 3.85. The van der Waals surface area contributed by atoms with E-state index >= 15 is 0 Å². The molecule has 1 saturated heterocycles. The minimum atomic E-state index is -0.107. The van der Waals surface area contributed by atoms with Gasteiger partial charge in [0.25, 0.3) is 0 Å². The first-order chi connectivity index (χ1) is 9.61. The van der Waals surface area contributed by atoms with Crippen LogP contribution in [-0.2, 0) is 16.1 Å². The molecule has 1 amide bonds. The van der Waals surface area contributed by atoms with Gasteiger partial charge in [0.1, 0.15) is 0 Å². The van der Waals surface area contributed by atoms with Crippen LogP contribution in [0.25, 0.3) is 0 Å². The zero-order chi connectivity index (χ0) is 14.5. The van der Waals surface area contributed by atoms with Crippen molar-refractivity contribution in [2.75, 3.05) is 26.4 Å². The highest BCUT2D eigenvalue weighted by molar-refractivity contribution is 6.42. The highest BCUT2D eigenvalue weighted by Gasteiger charge is 2.27. The van der Waals surface area contributed by atoms with Crippen LogP contribution in [0.4, 0.5) is 0 Å². The second-order valence-corrected chi connectivity index (χ2v) is 5.61. The van der Waals surface area contributed by atoms with Gasteiger partial charge in [-0.2, -0.15) is 0 Å². The standard InChI is InChI=1S/C14H17Cl2NO3/c15-12-2-1-10(7-13(12)16)8-17(4-5-18)14(19)11-3-6-20-9-11/h1-2,7,11,18H,3-6,8-9H2. The van der Waals surface area contributed by atoms with Crippen molar-refractivity contribution >= 4 is 29.1 Å². The lowest BCUT2D eigenvalue weighted by Gasteiger charge is -2.24. The number of aliphatic hydroxyl groups is 1. The smallest absolute Gasteiger partial charge is 0.228 e. The molecule has 0 spiro atoms. The first-order valence-electron chi connectivity index (χ1n) is 6.53. The van der Waals surface area contributed by atoms with Gasteiger partial charge in [-0.3, -0.25) is 4.79 Å². The monoisotopic (exact) mass is 317 g/mol. The lowest BCUT2D eigenvalue weighted by atomic mass is 10.1. The molecule has 20 heavy (non-hydrogen) atoms. The van der Waals surface area contributed by atoms with Gasteiger partial charge in [-0.1, -0.05) is 29.3 Å². The number of ether oxygens (including phenoxy) is 1. The van der Waals surface area contributed by atoms with Crippen LogP contribution in [0.3, 0.4) is 0 Å². The zero-order valence-electron chi connectivity index (χ0n) is 11.0. The van der Waals surface area contributed by atoms with Crippen molar-refractivity contribution in [3.63, 3.8) is 0 Å². The Morgan fingerprint density at radius 2 is 2.20 bits per heavy atom. The predicted molar refractivity (Wildman–Crippen MR) is 77.9 cm³/mol. The van der Waals surface area contributed by atoms with Crippen molar-refractivity contribution in [3.05, 3.63) is 33.8 Å². The third-order valence-electron chi connectivity index (χ3n) is 3.32. The number of hydrogen-bond donors (Lipinski definition) is 1. The maximum absolute atomic E-state index is 12.4. The molecule has 0 saturated carbocycles. The molecule has 0 radical (unpaired) electrons. The van der Waals surface area contributed by atoms with Crippen LogP contribution in [0, 0.1) is 5.92 Å². The number of amides is 1. The summed E-state index contributed by atoms with van der Waals surface area (Å²) in [6.45, 7) is 1.72.